The summed E-state index contributed by atoms with van der Waals surface area (Å²) in [5, 5.41) is 19.7. The molecule has 0 aromatic carbocycles. The normalized spacial score (nSPS) is 11.3. The van der Waals surface area contributed by atoms with Gasteiger partial charge in [-0.15, -0.1) is 0 Å². The van der Waals surface area contributed by atoms with Crippen molar-refractivity contribution in [3.8, 4) is 5.75 Å². The molecule has 0 spiro atoms. The zero-order valence-corrected chi connectivity index (χ0v) is 13.8. The van der Waals surface area contributed by atoms with Gasteiger partial charge in [0.2, 0.25) is 5.43 Å². The van der Waals surface area contributed by atoms with Crippen LogP contribution < -0.4 is 5.43 Å². The number of aromatic nitrogens is 1. The molecule has 0 unspecified atom stereocenters. The standard InChI is InChI=1S/C16H28N2O4/c1-4-17(5-2)11-14-16(21)15(20)10-13(12-19)18(14)8-7-9-22-6-3/h10,19,21H,4-9,11-12H2,1-3H3. The summed E-state index contributed by atoms with van der Waals surface area (Å²) < 4.78 is 7.18. The highest BCUT2D eigenvalue weighted by molar-refractivity contribution is 5.30. The summed E-state index contributed by atoms with van der Waals surface area (Å²) in [5.41, 5.74) is 0.658. The SMILES string of the molecule is CCOCCCn1c(CO)cc(=O)c(O)c1CN(CC)CC. The first-order valence-corrected chi connectivity index (χ1v) is 7.94. The van der Waals surface area contributed by atoms with Crippen LogP contribution in [0.5, 0.6) is 5.75 Å². The van der Waals surface area contributed by atoms with Gasteiger partial charge in [0, 0.05) is 38.1 Å². The zero-order chi connectivity index (χ0) is 16.5. The van der Waals surface area contributed by atoms with Crippen LogP contribution in [0, 0.1) is 0 Å². The molecule has 1 aromatic rings. The van der Waals surface area contributed by atoms with Crippen molar-refractivity contribution < 1.29 is 14.9 Å². The van der Waals surface area contributed by atoms with Gasteiger partial charge in [-0.1, -0.05) is 13.8 Å². The molecule has 1 heterocycles. The fourth-order valence-corrected chi connectivity index (χ4v) is 2.44. The molecule has 0 aliphatic heterocycles. The number of pyridine rings is 1. The molecule has 1 aromatic heterocycles. The number of hydrogen-bond acceptors (Lipinski definition) is 5. The quantitative estimate of drug-likeness (QED) is 0.637. The molecule has 0 saturated carbocycles. The largest absolute Gasteiger partial charge is 0.503 e. The van der Waals surface area contributed by atoms with Crippen molar-refractivity contribution in [2.45, 2.75) is 46.9 Å². The summed E-state index contributed by atoms with van der Waals surface area (Å²) in [6.45, 7) is 9.79. The van der Waals surface area contributed by atoms with Gasteiger partial charge in [0.05, 0.1) is 12.3 Å². The summed E-state index contributed by atoms with van der Waals surface area (Å²) in [6.07, 6.45) is 0.758. The number of hydrogen-bond donors (Lipinski definition) is 2. The molecule has 0 aliphatic rings. The van der Waals surface area contributed by atoms with E-state index in [-0.39, 0.29) is 12.4 Å². The molecule has 2 N–H and O–H groups in total. The lowest BCUT2D eigenvalue weighted by Gasteiger charge is -2.24. The molecule has 0 saturated heterocycles. The Hall–Kier alpha value is -1.37. The molecule has 0 amide bonds. The average molecular weight is 312 g/mol. The predicted molar refractivity (Wildman–Crippen MR) is 86.0 cm³/mol. The van der Waals surface area contributed by atoms with Crippen LogP contribution in [0.3, 0.4) is 0 Å². The van der Waals surface area contributed by atoms with Gasteiger partial charge in [0.25, 0.3) is 0 Å². The second-order valence-corrected chi connectivity index (χ2v) is 5.12. The van der Waals surface area contributed by atoms with E-state index in [4.69, 9.17) is 4.74 Å². The van der Waals surface area contributed by atoms with E-state index < -0.39 is 5.43 Å². The molecule has 0 fully saturated rings. The molecule has 0 radical (unpaired) electrons. The first-order chi connectivity index (χ1) is 10.6. The van der Waals surface area contributed by atoms with Gasteiger partial charge < -0.3 is 19.5 Å². The van der Waals surface area contributed by atoms with Crippen LogP contribution in [-0.2, 0) is 24.4 Å². The molecule has 22 heavy (non-hydrogen) atoms. The average Bonchev–Trinajstić information content (AvgIpc) is 2.53. The van der Waals surface area contributed by atoms with E-state index in [1.807, 2.05) is 25.3 Å². The van der Waals surface area contributed by atoms with Crippen LogP contribution in [0.25, 0.3) is 0 Å². The van der Waals surface area contributed by atoms with Gasteiger partial charge in [-0.3, -0.25) is 9.69 Å². The van der Waals surface area contributed by atoms with Gasteiger partial charge in [0.15, 0.2) is 5.75 Å². The third-order valence-corrected chi connectivity index (χ3v) is 3.78. The van der Waals surface area contributed by atoms with Gasteiger partial charge >= 0.3 is 0 Å². The molecule has 0 bridgehead atoms. The molecule has 6 nitrogen and oxygen atoms in total. The number of aliphatic hydroxyl groups excluding tert-OH is 1. The minimum absolute atomic E-state index is 0.222. The van der Waals surface area contributed by atoms with Gasteiger partial charge in [-0.05, 0) is 26.4 Å². The van der Waals surface area contributed by atoms with E-state index in [9.17, 15) is 15.0 Å². The summed E-state index contributed by atoms with van der Waals surface area (Å²) >= 11 is 0. The lowest BCUT2D eigenvalue weighted by molar-refractivity contribution is 0.140. The monoisotopic (exact) mass is 312 g/mol. The molecule has 1 rings (SSSR count). The van der Waals surface area contributed by atoms with Crippen LogP contribution in [0.15, 0.2) is 10.9 Å². The second-order valence-electron chi connectivity index (χ2n) is 5.12. The van der Waals surface area contributed by atoms with Gasteiger partial charge in [0.1, 0.15) is 0 Å². The number of aliphatic hydroxyl groups is 1. The number of aromatic hydroxyl groups is 1. The highest BCUT2D eigenvalue weighted by atomic mass is 16.5. The van der Waals surface area contributed by atoms with Crippen LogP contribution in [0.2, 0.25) is 0 Å². The zero-order valence-electron chi connectivity index (χ0n) is 13.8. The molecular weight excluding hydrogens is 284 g/mol. The van der Waals surface area contributed by atoms with Crippen molar-refractivity contribution in [2.24, 2.45) is 0 Å². The Morgan fingerprint density at radius 2 is 1.95 bits per heavy atom. The minimum atomic E-state index is -0.438. The summed E-state index contributed by atoms with van der Waals surface area (Å²) in [4.78, 5) is 14.0. The van der Waals surface area contributed by atoms with E-state index in [0.29, 0.717) is 37.7 Å². The maximum atomic E-state index is 11.9. The summed E-state index contributed by atoms with van der Waals surface area (Å²) in [7, 11) is 0. The number of ether oxygens (including phenoxy) is 1. The molecule has 0 atom stereocenters. The van der Waals surface area contributed by atoms with Gasteiger partial charge in [-0.25, -0.2) is 0 Å². The summed E-state index contributed by atoms with van der Waals surface area (Å²) in [6, 6.07) is 1.31. The Labute approximate surface area is 131 Å². The van der Waals surface area contributed by atoms with Crippen LogP contribution in [0.1, 0.15) is 38.6 Å². The Kier molecular flexibility index (Phi) is 8.16. The van der Waals surface area contributed by atoms with Crippen LogP contribution >= 0.6 is 0 Å². The van der Waals surface area contributed by atoms with Crippen molar-refractivity contribution in [1.82, 2.24) is 9.47 Å². The van der Waals surface area contributed by atoms with Crippen molar-refractivity contribution in [3.63, 3.8) is 0 Å². The maximum absolute atomic E-state index is 11.9. The molecule has 6 heteroatoms. The summed E-state index contributed by atoms with van der Waals surface area (Å²) in [5.74, 6) is -0.222. The third-order valence-electron chi connectivity index (χ3n) is 3.78. The van der Waals surface area contributed by atoms with E-state index in [2.05, 4.69) is 4.90 Å². The molecular formula is C16H28N2O4. The maximum Gasteiger partial charge on any atom is 0.223 e. The fourth-order valence-electron chi connectivity index (χ4n) is 2.44. The highest BCUT2D eigenvalue weighted by Crippen LogP contribution is 2.18. The van der Waals surface area contributed by atoms with E-state index >= 15 is 0 Å². The minimum Gasteiger partial charge on any atom is -0.503 e. The van der Waals surface area contributed by atoms with Crippen molar-refractivity contribution in [1.29, 1.82) is 0 Å². The fraction of sp³-hybridized carbons (Fsp3) is 0.688. The first kappa shape index (κ1) is 18.7. The second kappa shape index (κ2) is 9.61. The first-order valence-electron chi connectivity index (χ1n) is 7.94. The van der Waals surface area contributed by atoms with Crippen molar-refractivity contribution >= 4 is 0 Å². The Morgan fingerprint density at radius 1 is 1.27 bits per heavy atom. The lowest BCUT2D eigenvalue weighted by atomic mass is 10.2. The van der Waals surface area contributed by atoms with E-state index in [0.717, 1.165) is 19.5 Å². The van der Waals surface area contributed by atoms with Crippen molar-refractivity contribution in [3.05, 3.63) is 27.7 Å². The Balaban J connectivity index is 3.12. The third kappa shape index (κ3) is 4.83. The molecule has 0 aliphatic carbocycles. The van der Waals surface area contributed by atoms with Crippen molar-refractivity contribution in [2.75, 3.05) is 26.3 Å². The van der Waals surface area contributed by atoms with E-state index in [1.165, 1.54) is 6.07 Å². The smallest absolute Gasteiger partial charge is 0.223 e. The number of rotatable bonds is 10. The van der Waals surface area contributed by atoms with Gasteiger partial charge in [-0.2, -0.15) is 0 Å². The van der Waals surface area contributed by atoms with Crippen LogP contribution in [0.4, 0.5) is 0 Å². The molecule has 126 valence electrons. The van der Waals surface area contributed by atoms with Crippen LogP contribution in [-0.4, -0.2) is 46.0 Å². The lowest BCUT2D eigenvalue weighted by Crippen LogP contribution is -2.27. The highest BCUT2D eigenvalue weighted by Gasteiger charge is 2.16. The topological polar surface area (TPSA) is 74.9 Å². The van der Waals surface area contributed by atoms with E-state index in [1.54, 1.807) is 0 Å². The Morgan fingerprint density at radius 3 is 2.50 bits per heavy atom. The number of nitrogens with zero attached hydrogens (tertiary/aromatic N) is 2. The predicted octanol–water partition coefficient (Wildman–Crippen LogP) is 1.31. The Bertz CT molecular complexity index is 510.